The summed E-state index contributed by atoms with van der Waals surface area (Å²) in [5, 5.41) is 0. The van der Waals surface area contributed by atoms with Crippen molar-refractivity contribution in [1.29, 1.82) is 0 Å². The first-order valence-electron chi connectivity index (χ1n) is 13.9. The topological polar surface area (TPSA) is 46.6 Å². The van der Waals surface area contributed by atoms with Gasteiger partial charge in [-0.05, 0) is 90.6 Å². The van der Waals surface area contributed by atoms with Crippen LogP contribution in [0.3, 0.4) is 0 Å². The molecule has 4 aliphatic carbocycles. The molecule has 4 nitrogen and oxygen atoms in total. The maximum absolute atomic E-state index is 13.0. The molecule has 0 radical (unpaired) electrons. The Hall–Kier alpha value is -2.10. The number of nitrogens with zero attached hydrogens (tertiary/aromatic N) is 1. The first-order chi connectivity index (χ1) is 16.6. The molecule has 1 aromatic carbocycles. The Balaban J connectivity index is 1.35. The molecule has 0 spiro atoms. The second-order valence-corrected chi connectivity index (χ2v) is 12.8. The summed E-state index contributed by atoms with van der Waals surface area (Å²) in [7, 11) is 0. The number of amides is 1. The standard InChI is InChI=1S/C31H41NO3/c1-18-23-8-6-7-9-27(23)32(19(2)33)28-17-26-24-11-10-21-16-22(35-20(3)34)12-14-30(21,4)25(24)13-15-31(26,5)29(18)28/h6-10,18,22,24-26,28-29H,11-17H2,1-5H3/t18-,22+,24-,25+,26+,28-,29+,30+,31+/m1/s1. The van der Waals surface area contributed by atoms with E-state index in [0.29, 0.717) is 35.6 Å². The number of para-hydroxylation sites is 1. The Morgan fingerprint density at radius 1 is 1.06 bits per heavy atom. The van der Waals surface area contributed by atoms with E-state index in [9.17, 15) is 9.59 Å². The van der Waals surface area contributed by atoms with Crippen molar-refractivity contribution in [3.05, 3.63) is 41.5 Å². The van der Waals surface area contributed by atoms with Gasteiger partial charge >= 0.3 is 5.97 Å². The molecular formula is C31H41NO3. The largest absolute Gasteiger partial charge is 0.462 e. The SMILES string of the molecule is CC(=O)O[C@H]1CC[C@@]2(C)C(=CC[C@H]3[C@@H]4C[C@@H]5[C@H]([C@H](C)c6ccccc6N5C(C)=O)[C@@]4(C)CC[C@@H]32)C1. The number of hydrogen-bond acceptors (Lipinski definition) is 3. The van der Waals surface area contributed by atoms with Crippen molar-refractivity contribution in [2.45, 2.75) is 97.6 Å². The molecule has 3 fully saturated rings. The predicted molar refractivity (Wildman–Crippen MR) is 138 cm³/mol. The van der Waals surface area contributed by atoms with Crippen LogP contribution in [-0.4, -0.2) is 24.0 Å². The quantitative estimate of drug-likeness (QED) is 0.338. The van der Waals surface area contributed by atoms with Gasteiger partial charge in [0.1, 0.15) is 6.10 Å². The number of esters is 1. The fraction of sp³-hybridized carbons (Fsp3) is 0.677. The second kappa shape index (κ2) is 7.95. The number of carbonyl (C=O) groups is 2. The zero-order chi connectivity index (χ0) is 24.7. The van der Waals surface area contributed by atoms with Gasteiger partial charge in [0.2, 0.25) is 5.91 Å². The molecule has 1 amide bonds. The lowest BCUT2D eigenvalue weighted by atomic mass is 9.46. The number of allylic oxidation sites excluding steroid dienone is 1. The lowest BCUT2D eigenvalue weighted by Gasteiger charge is -2.58. The zero-order valence-corrected chi connectivity index (χ0v) is 22.0. The molecule has 0 N–H and O–H groups in total. The Labute approximate surface area is 210 Å². The number of carbonyl (C=O) groups excluding carboxylic acids is 2. The lowest BCUT2D eigenvalue weighted by molar-refractivity contribution is -0.148. The molecule has 1 aliphatic heterocycles. The molecular weight excluding hydrogens is 434 g/mol. The number of anilines is 1. The van der Waals surface area contributed by atoms with E-state index in [2.05, 4.69) is 56.0 Å². The number of benzene rings is 1. The first kappa shape index (κ1) is 23.3. The van der Waals surface area contributed by atoms with Crippen molar-refractivity contribution in [2.75, 3.05) is 4.90 Å². The number of rotatable bonds is 1. The number of fused-ring (bicyclic) bond motifs is 8. The van der Waals surface area contributed by atoms with Crippen LogP contribution in [0.5, 0.6) is 0 Å². The molecule has 35 heavy (non-hydrogen) atoms. The minimum atomic E-state index is -0.153. The summed E-state index contributed by atoms with van der Waals surface area (Å²) >= 11 is 0. The van der Waals surface area contributed by atoms with Crippen molar-refractivity contribution in [1.82, 2.24) is 0 Å². The first-order valence-corrected chi connectivity index (χ1v) is 13.9. The third kappa shape index (κ3) is 3.23. The maximum Gasteiger partial charge on any atom is 0.302 e. The van der Waals surface area contributed by atoms with Gasteiger partial charge < -0.3 is 9.64 Å². The molecule has 0 aromatic heterocycles. The second-order valence-electron chi connectivity index (χ2n) is 12.8. The van der Waals surface area contributed by atoms with Crippen LogP contribution in [-0.2, 0) is 14.3 Å². The third-order valence-electron chi connectivity index (χ3n) is 11.4. The van der Waals surface area contributed by atoms with Gasteiger partial charge in [-0.15, -0.1) is 0 Å². The minimum Gasteiger partial charge on any atom is -0.462 e. The highest BCUT2D eigenvalue weighted by molar-refractivity contribution is 5.94. The Bertz CT molecular complexity index is 1090. The summed E-state index contributed by atoms with van der Waals surface area (Å²) in [6.45, 7) is 10.8. The Morgan fingerprint density at radius 2 is 1.83 bits per heavy atom. The van der Waals surface area contributed by atoms with Crippen molar-refractivity contribution >= 4 is 17.6 Å². The van der Waals surface area contributed by atoms with Gasteiger partial charge in [0.15, 0.2) is 0 Å². The van der Waals surface area contributed by atoms with Crippen LogP contribution in [0.25, 0.3) is 0 Å². The third-order valence-corrected chi connectivity index (χ3v) is 11.4. The Kier molecular flexibility index (Phi) is 5.29. The summed E-state index contributed by atoms with van der Waals surface area (Å²) in [4.78, 5) is 26.8. The van der Waals surface area contributed by atoms with Gasteiger partial charge in [-0.25, -0.2) is 0 Å². The molecule has 6 rings (SSSR count). The molecule has 1 heterocycles. The molecule has 9 atom stereocenters. The van der Waals surface area contributed by atoms with Gasteiger partial charge in [-0.2, -0.15) is 0 Å². The van der Waals surface area contributed by atoms with E-state index in [1.165, 1.54) is 25.3 Å². The molecule has 4 heteroatoms. The average molecular weight is 476 g/mol. The molecule has 5 aliphatic rings. The summed E-state index contributed by atoms with van der Waals surface area (Å²) in [6.07, 6.45) is 10.4. The van der Waals surface area contributed by atoms with Crippen molar-refractivity contribution in [2.24, 2.45) is 34.5 Å². The minimum absolute atomic E-state index is 0.0510. The molecule has 188 valence electrons. The fourth-order valence-corrected chi connectivity index (χ4v) is 10.1. The van der Waals surface area contributed by atoms with E-state index in [4.69, 9.17) is 4.74 Å². The van der Waals surface area contributed by atoms with Crippen LogP contribution in [0.2, 0.25) is 0 Å². The monoisotopic (exact) mass is 475 g/mol. The fourth-order valence-electron chi connectivity index (χ4n) is 10.1. The van der Waals surface area contributed by atoms with Gasteiger partial charge in [-0.3, -0.25) is 9.59 Å². The van der Waals surface area contributed by atoms with Crippen molar-refractivity contribution in [3.63, 3.8) is 0 Å². The lowest BCUT2D eigenvalue weighted by Crippen LogP contribution is -2.52. The normalized spacial score (nSPS) is 43.6. The van der Waals surface area contributed by atoms with Crippen molar-refractivity contribution in [3.8, 4) is 0 Å². The Morgan fingerprint density at radius 3 is 2.57 bits per heavy atom. The highest BCUT2D eigenvalue weighted by Crippen LogP contribution is 2.69. The van der Waals surface area contributed by atoms with E-state index in [1.54, 1.807) is 12.5 Å². The van der Waals surface area contributed by atoms with Gasteiger partial charge in [0.05, 0.1) is 0 Å². The molecule has 1 aromatic rings. The molecule has 3 saturated carbocycles. The summed E-state index contributed by atoms with van der Waals surface area (Å²) in [6, 6.07) is 8.95. The van der Waals surface area contributed by atoms with E-state index in [0.717, 1.165) is 37.8 Å². The zero-order valence-electron chi connectivity index (χ0n) is 22.0. The number of ether oxygens (including phenoxy) is 1. The van der Waals surface area contributed by atoms with Crippen LogP contribution < -0.4 is 4.90 Å². The van der Waals surface area contributed by atoms with Crippen LogP contribution in [0.15, 0.2) is 35.9 Å². The van der Waals surface area contributed by atoms with E-state index < -0.39 is 0 Å². The van der Waals surface area contributed by atoms with Crippen molar-refractivity contribution < 1.29 is 14.3 Å². The molecule has 0 saturated heterocycles. The smallest absolute Gasteiger partial charge is 0.302 e. The highest BCUT2D eigenvalue weighted by Gasteiger charge is 2.64. The van der Waals surface area contributed by atoms with E-state index in [1.807, 2.05) is 0 Å². The summed E-state index contributed by atoms with van der Waals surface area (Å²) < 4.78 is 5.63. The van der Waals surface area contributed by atoms with Crippen LogP contribution in [0.4, 0.5) is 5.69 Å². The van der Waals surface area contributed by atoms with E-state index >= 15 is 0 Å². The van der Waals surface area contributed by atoms with Gasteiger partial charge in [0.25, 0.3) is 0 Å². The van der Waals surface area contributed by atoms with Crippen LogP contribution in [0.1, 0.15) is 91.0 Å². The van der Waals surface area contributed by atoms with Gasteiger partial charge in [0, 0.05) is 32.0 Å². The predicted octanol–water partition coefficient (Wildman–Crippen LogP) is 6.65. The van der Waals surface area contributed by atoms with Crippen LogP contribution in [0, 0.1) is 34.5 Å². The van der Waals surface area contributed by atoms with Gasteiger partial charge in [-0.1, -0.05) is 50.6 Å². The number of hydrogen-bond donors (Lipinski definition) is 0. The summed E-state index contributed by atoms with van der Waals surface area (Å²) in [5.74, 6) is 3.06. The highest BCUT2D eigenvalue weighted by atomic mass is 16.5. The summed E-state index contributed by atoms with van der Waals surface area (Å²) in [5.41, 5.74) is 4.54. The van der Waals surface area contributed by atoms with E-state index in [-0.39, 0.29) is 28.8 Å². The maximum atomic E-state index is 13.0. The van der Waals surface area contributed by atoms with Crippen LogP contribution >= 0.6 is 0 Å². The molecule has 0 unspecified atom stereocenters. The molecule has 0 bridgehead atoms. The average Bonchev–Trinajstić information content (AvgIpc) is 3.12.